The second-order valence-corrected chi connectivity index (χ2v) is 9.87. The van der Waals surface area contributed by atoms with Crippen molar-refractivity contribution in [3.05, 3.63) is 76.5 Å². The molecule has 0 radical (unpaired) electrons. The van der Waals surface area contributed by atoms with Crippen LogP contribution in [0.25, 0.3) is 5.69 Å². The van der Waals surface area contributed by atoms with Gasteiger partial charge in [0.15, 0.2) is 0 Å². The molecule has 8 nitrogen and oxygen atoms in total. The minimum absolute atomic E-state index is 0.0173. The number of nitrogens with zero attached hydrogens (tertiary/aromatic N) is 3. The van der Waals surface area contributed by atoms with Gasteiger partial charge in [0.1, 0.15) is 17.0 Å². The molecule has 4 N–H and O–H groups in total. The monoisotopic (exact) mass is 512 g/mol. The summed E-state index contributed by atoms with van der Waals surface area (Å²) in [5.41, 5.74) is 8.23. The molecule has 4 rings (SSSR count). The van der Waals surface area contributed by atoms with Gasteiger partial charge in [0.2, 0.25) is 5.13 Å². The van der Waals surface area contributed by atoms with Crippen molar-refractivity contribution in [1.29, 1.82) is 0 Å². The molecule has 166 valence electrons. The van der Waals surface area contributed by atoms with E-state index in [1.165, 1.54) is 6.33 Å². The van der Waals surface area contributed by atoms with Crippen LogP contribution in [0.4, 0.5) is 20.9 Å². The van der Waals surface area contributed by atoms with Gasteiger partial charge in [0.05, 0.1) is 16.4 Å². The fourth-order valence-electron chi connectivity index (χ4n) is 2.94. The molecule has 32 heavy (non-hydrogen) atoms. The third-order valence-corrected chi connectivity index (χ3v) is 7.02. The van der Waals surface area contributed by atoms with E-state index in [-0.39, 0.29) is 22.4 Å². The smallest absolute Gasteiger partial charge is 0.266 e. The highest BCUT2D eigenvalue weighted by Gasteiger charge is 2.23. The normalized spacial score (nSPS) is 11.5. The zero-order valence-corrected chi connectivity index (χ0v) is 19.2. The number of nitrogens with two attached hydrogens (primary N) is 1. The number of nitrogens with one attached hydrogen (secondary N) is 2. The van der Waals surface area contributed by atoms with Gasteiger partial charge >= 0.3 is 0 Å². The molecule has 0 atom stereocenters. The minimum Gasteiger partial charge on any atom is -0.397 e. The molecular weight excluding hydrogens is 498 g/mol. The number of anilines is 3. The Morgan fingerprint density at radius 3 is 2.69 bits per heavy atom. The van der Waals surface area contributed by atoms with E-state index in [0.29, 0.717) is 10.7 Å². The first kappa shape index (κ1) is 22.3. The first-order chi connectivity index (χ1) is 15.2. The number of halogens is 3. The highest BCUT2D eigenvalue weighted by Crippen LogP contribution is 2.30. The fraction of sp³-hybridized carbons (Fsp3) is 0.0526. The molecule has 0 spiro atoms. The van der Waals surface area contributed by atoms with Crippen LogP contribution in [-0.4, -0.2) is 22.3 Å². The summed E-state index contributed by atoms with van der Waals surface area (Å²) < 4.78 is 47.3. The molecule has 0 aliphatic heterocycles. The van der Waals surface area contributed by atoms with Crippen LogP contribution < -0.4 is 15.8 Å². The van der Waals surface area contributed by atoms with Gasteiger partial charge in [-0.25, -0.2) is 17.8 Å². The Morgan fingerprint density at radius 1 is 1.19 bits per heavy atom. The molecule has 0 fully saturated rings. The van der Waals surface area contributed by atoms with Gasteiger partial charge in [-0.05, 0) is 35.9 Å². The lowest BCUT2D eigenvalue weighted by molar-refractivity contribution is 0.570. The van der Waals surface area contributed by atoms with Crippen LogP contribution in [0.3, 0.4) is 0 Å². The molecule has 2 aromatic carbocycles. The van der Waals surface area contributed by atoms with Crippen LogP contribution in [0.5, 0.6) is 0 Å². The Balaban J connectivity index is 1.58. The van der Waals surface area contributed by atoms with Crippen molar-refractivity contribution in [2.75, 3.05) is 15.8 Å². The van der Waals surface area contributed by atoms with Gasteiger partial charge in [-0.15, -0.1) is 0 Å². The van der Waals surface area contributed by atoms with E-state index in [0.717, 1.165) is 34.9 Å². The molecule has 0 saturated carbocycles. The van der Waals surface area contributed by atoms with Crippen LogP contribution in [0.2, 0.25) is 10.0 Å². The second-order valence-electron chi connectivity index (χ2n) is 6.59. The number of aromatic nitrogens is 3. The Kier molecular flexibility index (Phi) is 6.24. The lowest BCUT2D eigenvalue weighted by Gasteiger charge is -2.15. The first-order valence-electron chi connectivity index (χ1n) is 8.97. The number of sulfonamides is 1. The summed E-state index contributed by atoms with van der Waals surface area (Å²) in [7, 11) is -4.22. The maximum Gasteiger partial charge on any atom is 0.266 e. The Morgan fingerprint density at radius 2 is 2.00 bits per heavy atom. The summed E-state index contributed by atoms with van der Waals surface area (Å²) in [6, 6.07) is 9.13. The van der Waals surface area contributed by atoms with E-state index in [2.05, 4.69) is 19.4 Å². The summed E-state index contributed by atoms with van der Waals surface area (Å²) in [4.78, 5) is 3.13. The molecule has 13 heteroatoms. The van der Waals surface area contributed by atoms with Gasteiger partial charge in [0.25, 0.3) is 10.0 Å². The average molecular weight is 513 g/mol. The number of nitrogen functional groups attached to an aromatic ring is 1. The van der Waals surface area contributed by atoms with Crippen LogP contribution in [0, 0.1) is 5.82 Å². The third-order valence-electron chi connectivity index (χ3n) is 4.40. The highest BCUT2D eigenvalue weighted by molar-refractivity contribution is 7.93. The third kappa shape index (κ3) is 4.80. The molecule has 2 heterocycles. The van der Waals surface area contributed by atoms with Crippen LogP contribution in [-0.2, 0) is 16.6 Å². The van der Waals surface area contributed by atoms with Crippen molar-refractivity contribution in [1.82, 2.24) is 13.9 Å². The number of hydrogen-bond donors (Lipinski definition) is 3. The largest absolute Gasteiger partial charge is 0.397 e. The number of benzene rings is 2. The predicted octanol–water partition coefficient (Wildman–Crippen LogP) is 4.77. The topological polar surface area (TPSA) is 115 Å². The maximum atomic E-state index is 14.7. The van der Waals surface area contributed by atoms with Crippen molar-refractivity contribution >= 4 is 61.3 Å². The molecule has 0 amide bonds. The van der Waals surface area contributed by atoms with E-state index in [1.54, 1.807) is 30.6 Å². The fourth-order valence-corrected chi connectivity index (χ4v) is 5.15. The lowest BCUT2D eigenvalue weighted by Crippen LogP contribution is -2.15. The van der Waals surface area contributed by atoms with Crippen LogP contribution in [0.1, 0.15) is 5.56 Å². The Hall–Kier alpha value is -2.86. The summed E-state index contributed by atoms with van der Waals surface area (Å²) in [6.45, 7) is 0.263. The SMILES string of the molecule is Nc1ccn(-c2cc(Cl)ccc2CNc2cc(F)c(S(=O)(=O)Nc3ncns3)cc2Cl)c1. The van der Waals surface area contributed by atoms with E-state index in [1.807, 2.05) is 10.6 Å². The second kappa shape index (κ2) is 8.94. The standard InChI is InChI=1S/C19H15Cl2FN6O2S2/c20-12-2-1-11(17(5-12)28-4-3-13(23)9-28)8-24-16-7-15(22)18(6-14(16)21)32(29,30)27-19-25-10-26-31-19/h1-7,9-10,24H,8,23H2,(H,25,26,27). The Bertz CT molecular complexity index is 1380. The molecule has 4 aromatic rings. The van der Waals surface area contributed by atoms with E-state index in [9.17, 15) is 12.8 Å². The predicted molar refractivity (Wildman–Crippen MR) is 125 cm³/mol. The molecule has 0 bridgehead atoms. The maximum absolute atomic E-state index is 14.7. The van der Waals surface area contributed by atoms with Gasteiger partial charge in [-0.2, -0.15) is 4.37 Å². The summed E-state index contributed by atoms with van der Waals surface area (Å²) in [5.74, 6) is -0.969. The van der Waals surface area contributed by atoms with Crippen molar-refractivity contribution in [3.63, 3.8) is 0 Å². The lowest BCUT2D eigenvalue weighted by atomic mass is 10.1. The van der Waals surface area contributed by atoms with Gasteiger partial charge in [0, 0.05) is 41.2 Å². The zero-order valence-electron chi connectivity index (χ0n) is 16.1. The highest BCUT2D eigenvalue weighted by atomic mass is 35.5. The quantitative estimate of drug-likeness (QED) is 0.328. The van der Waals surface area contributed by atoms with Crippen molar-refractivity contribution in [2.24, 2.45) is 0 Å². The molecule has 0 aliphatic carbocycles. The van der Waals surface area contributed by atoms with Crippen molar-refractivity contribution in [3.8, 4) is 5.69 Å². The molecule has 2 aromatic heterocycles. The van der Waals surface area contributed by atoms with E-state index >= 15 is 0 Å². The molecule has 0 unspecified atom stereocenters. The van der Waals surface area contributed by atoms with Gasteiger partial charge in [-0.3, -0.25) is 4.72 Å². The van der Waals surface area contributed by atoms with Gasteiger partial charge in [-0.1, -0.05) is 29.3 Å². The minimum atomic E-state index is -4.22. The number of hydrogen-bond acceptors (Lipinski definition) is 7. The average Bonchev–Trinajstić information content (AvgIpc) is 3.40. The Labute approximate surface area is 197 Å². The van der Waals surface area contributed by atoms with Crippen LogP contribution in [0.15, 0.2) is 60.0 Å². The first-order valence-corrected chi connectivity index (χ1v) is 12.0. The summed E-state index contributed by atoms with van der Waals surface area (Å²) in [6.07, 6.45) is 4.72. The zero-order chi connectivity index (χ0) is 22.9. The summed E-state index contributed by atoms with van der Waals surface area (Å²) in [5, 5.41) is 3.62. The van der Waals surface area contributed by atoms with Crippen molar-refractivity contribution < 1.29 is 12.8 Å². The number of rotatable bonds is 7. The molecule has 0 saturated heterocycles. The molecular formula is C19H15Cl2FN6O2S2. The van der Waals surface area contributed by atoms with Crippen molar-refractivity contribution in [2.45, 2.75) is 11.4 Å². The molecule has 0 aliphatic rings. The van der Waals surface area contributed by atoms with Crippen LogP contribution >= 0.6 is 34.7 Å². The van der Waals surface area contributed by atoms with Gasteiger partial charge < -0.3 is 15.6 Å². The summed E-state index contributed by atoms with van der Waals surface area (Å²) >= 11 is 13.2. The van der Waals surface area contributed by atoms with E-state index in [4.69, 9.17) is 28.9 Å². The van der Waals surface area contributed by atoms with E-state index < -0.39 is 20.7 Å².